The molecule has 1 N–H and O–H groups in total. The third-order valence-electron chi connectivity index (χ3n) is 3.53. The Morgan fingerprint density at radius 1 is 1.50 bits per heavy atom. The lowest BCUT2D eigenvalue weighted by Gasteiger charge is -2.19. The molecule has 2 unspecified atom stereocenters. The van der Waals surface area contributed by atoms with Crippen molar-refractivity contribution in [3.8, 4) is 5.75 Å². The molecule has 1 saturated heterocycles. The molecule has 5 heteroatoms. The average Bonchev–Trinajstić information content (AvgIpc) is 2.87. The summed E-state index contributed by atoms with van der Waals surface area (Å²) in [4.78, 5) is 18.4. The van der Waals surface area contributed by atoms with Crippen LogP contribution in [0, 0.1) is 5.92 Å². The number of pyridine rings is 1. The predicted molar refractivity (Wildman–Crippen MR) is 75.7 cm³/mol. The number of hydrogen-bond donors (Lipinski definition) is 1. The summed E-state index contributed by atoms with van der Waals surface area (Å²) in [7, 11) is 0. The molecule has 2 heterocycles. The summed E-state index contributed by atoms with van der Waals surface area (Å²) in [5, 5.41) is 9.62. The molecule has 0 aliphatic carbocycles. The van der Waals surface area contributed by atoms with Gasteiger partial charge in [-0.05, 0) is 39.3 Å². The van der Waals surface area contributed by atoms with E-state index >= 15 is 0 Å². The molecule has 2 rings (SSSR count). The molecule has 1 aliphatic rings. The molecule has 1 aromatic heterocycles. The minimum absolute atomic E-state index is 0.00506. The lowest BCUT2D eigenvalue weighted by molar-refractivity contribution is 0.0750. The lowest BCUT2D eigenvalue weighted by Crippen LogP contribution is -2.31. The number of amides is 1. The van der Waals surface area contributed by atoms with E-state index in [1.54, 1.807) is 30.2 Å². The van der Waals surface area contributed by atoms with Crippen molar-refractivity contribution >= 4 is 5.91 Å². The van der Waals surface area contributed by atoms with Gasteiger partial charge in [-0.2, -0.15) is 0 Å². The molecule has 110 valence electrons. The maximum Gasteiger partial charge on any atom is 0.276 e. The van der Waals surface area contributed by atoms with E-state index in [2.05, 4.69) is 4.98 Å². The molecule has 5 nitrogen and oxygen atoms in total. The van der Waals surface area contributed by atoms with Crippen molar-refractivity contribution in [1.82, 2.24) is 9.88 Å². The molecule has 2 atom stereocenters. The minimum Gasteiger partial charge on any atom is -0.489 e. The molecule has 0 saturated carbocycles. The number of aromatic nitrogens is 1. The fourth-order valence-electron chi connectivity index (χ4n) is 2.42. The zero-order valence-corrected chi connectivity index (χ0v) is 12.2. The van der Waals surface area contributed by atoms with Crippen LogP contribution in [0.5, 0.6) is 5.75 Å². The fraction of sp³-hybridized carbons (Fsp3) is 0.600. The molecule has 0 bridgehead atoms. The van der Waals surface area contributed by atoms with Crippen LogP contribution in [0.1, 0.15) is 37.7 Å². The van der Waals surface area contributed by atoms with Gasteiger partial charge < -0.3 is 14.7 Å². The molecular formula is C15H22N2O3. The third kappa shape index (κ3) is 3.28. The molecule has 1 aromatic rings. The van der Waals surface area contributed by atoms with Crippen molar-refractivity contribution in [2.45, 2.75) is 39.4 Å². The first-order valence-corrected chi connectivity index (χ1v) is 7.08. The second-order valence-electron chi connectivity index (χ2n) is 5.56. The average molecular weight is 278 g/mol. The molecule has 1 amide bonds. The Bertz CT molecular complexity index is 474. The van der Waals surface area contributed by atoms with E-state index < -0.39 is 0 Å². The smallest absolute Gasteiger partial charge is 0.276 e. The van der Waals surface area contributed by atoms with E-state index in [9.17, 15) is 9.90 Å². The Balaban J connectivity index is 2.14. The normalized spacial score (nSPS) is 20.2. The minimum atomic E-state index is -0.386. The number of hydrogen-bond acceptors (Lipinski definition) is 4. The first kappa shape index (κ1) is 14.8. The number of likely N-dealkylation sites (tertiary alicyclic amines) is 1. The van der Waals surface area contributed by atoms with Crippen LogP contribution in [-0.2, 0) is 0 Å². The van der Waals surface area contributed by atoms with Crippen LogP contribution in [0.25, 0.3) is 0 Å². The van der Waals surface area contributed by atoms with Gasteiger partial charge in [0, 0.05) is 25.2 Å². The Labute approximate surface area is 119 Å². The molecule has 1 fully saturated rings. The predicted octanol–water partition coefficient (Wildman–Crippen LogP) is 1.71. The van der Waals surface area contributed by atoms with E-state index in [0.29, 0.717) is 24.5 Å². The van der Waals surface area contributed by atoms with Gasteiger partial charge in [0.1, 0.15) is 0 Å². The van der Waals surface area contributed by atoms with E-state index in [1.165, 1.54) is 0 Å². The Morgan fingerprint density at radius 2 is 2.25 bits per heavy atom. The van der Waals surface area contributed by atoms with Crippen LogP contribution in [0.2, 0.25) is 0 Å². The summed E-state index contributed by atoms with van der Waals surface area (Å²) >= 11 is 0. The van der Waals surface area contributed by atoms with Crippen LogP contribution in [0.4, 0.5) is 0 Å². The number of carbonyl (C=O) groups is 1. The van der Waals surface area contributed by atoms with Gasteiger partial charge in [0.15, 0.2) is 11.4 Å². The van der Waals surface area contributed by atoms with Crippen LogP contribution in [-0.4, -0.2) is 46.2 Å². The first-order chi connectivity index (χ1) is 9.49. The zero-order valence-electron chi connectivity index (χ0n) is 12.2. The van der Waals surface area contributed by atoms with Crippen LogP contribution in [0.3, 0.4) is 0 Å². The fourth-order valence-corrected chi connectivity index (χ4v) is 2.42. The van der Waals surface area contributed by atoms with Gasteiger partial charge in [0.2, 0.25) is 0 Å². The monoisotopic (exact) mass is 278 g/mol. The van der Waals surface area contributed by atoms with E-state index in [0.717, 1.165) is 6.42 Å². The molecule has 0 aromatic carbocycles. The Hall–Kier alpha value is -1.62. The summed E-state index contributed by atoms with van der Waals surface area (Å²) in [6, 6.07) is 3.53. The summed E-state index contributed by atoms with van der Waals surface area (Å²) < 4.78 is 5.64. The Morgan fingerprint density at radius 3 is 2.85 bits per heavy atom. The second-order valence-corrected chi connectivity index (χ2v) is 5.56. The van der Waals surface area contributed by atoms with Crippen molar-refractivity contribution in [3.05, 3.63) is 24.0 Å². The summed E-state index contributed by atoms with van der Waals surface area (Å²) in [5.41, 5.74) is 0.354. The maximum atomic E-state index is 12.5. The highest BCUT2D eigenvalue weighted by Gasteiger charge is 2.31. The zero-order chi connectivity index (χ0) is 14.7. The Kier molecular flexibility index (Phi) is 4.60. The van der Waals surface area contributed by atoms with Crippen molar-refractivity contribution in [1.29, 1.82) is 0 Å². The van der Waals surface area contributed by atoms with Crippen LogP contribution in [0.15, 0.2) is 18.3 Å². The van der Waals surface area contributed by atoms with E-state index in [-0.39, 0.29) is 24.0 Å². The quantitative estimate of drug-likeness (QED) is 0.910. The highest BCUT2D eigenvalue weighted by Crippen LogP contribution is 2.24. The largest absolute Gasteiger partial charge is 0.489 e. The SMILES string of the molecule is CC(C)Oc1cccnc1C(=O)N1CCC(C(C)O)C1. The number of ether oxygens (including phenoxy) is 1. The van der Waals surface area contributed by atoms with Gasteiger partial charge in [-0.3, -0.25) is 4.79 Å². The third-order valence-corrected chi connectivity index (χ3v) is 3.53. The highest BCUT2D eigenvalue weighted by atomic mass is 16.5. The summed E-state index contributed by atoms with van der Waals surface area (Å²) in [6.45, 7) is 6.84. The first-order valence-electron chi connectivity index (χ1n) is 7.08. The molecule has 0 spiro atoms. The van der Waals surface area contributed by atoms with Gasteiger partial charge in [-0.15, -0.1) is 0 Å². The molecule has 1 aliphatic heterocycles. The standard InChI is InChI=1S/C15H22N2O3/c1-10(2)20-13-5-4-7-16-14(13)15(19)17-8-6-12(9-17)11(3)18/h4-5,7,10-12,18H,6,8-9H2,1-3H3. The van der Waals surface area contributed by atoms with Crippen LogP contribution >= 0.6 is 0 Å². The summed E-state index contributed by atoms with van der Waals surface area (Å²) in [5.74, 6) is 0.550. The summed E-state index contributed by atoms with van der Waals surface area (Å²) in [6.07, 6.45) is 2.04. The van der Waals surface area contributed by atoms with Crippen molar-refractivity contribution in [2.24, 2.45) is 5.92 Å². The van der Waals surface area contributed by atoms with Gasteiger partial charge in [-0.25, -0.2) is 4.98 Å². The van der Waals surface area contributed by atoms with Crippen molar-refractivity contribution < 1.29 is 14.6 Å². The van der Waals surface area contributed by atoms with Gasteiger partial charge >= 0.3 is 0 Å². The number of rotatable bonds is 4. The van der Waals surface area contributed by atoms with Crippen molar-refractivity contribution in [2.75, 3.05) is 13.1 Å². The van der Waals surface area contributed by atoms with Gasteiger partial charge in [0.25, 0.3) is 5.91 Å². The molecule has 20 heavy (non-hydrogen) atoms. The van der Waals surface area contributed by atoms with E-state index in [4.69, 9.17) is 4.74 Å². The number of nitrogens with zero attached hydrogens (tertiary/aromatic N) is 2. The van der Waals surface area contributed by atoms with Gasteiger partial charge in [0.05, 0.1) is 12.2 Å². The van der Waals surface area contributed by atoms with E-state index in [1.807, 2.05) is 13.8 Å². The van der Waals surface area contributed by atoms with Crippen LogP contribution < -0.4 is 4.74 Å². The number of aliphatic hydroxyl groups is 1. The molecule has 0 radical (unpaired) electrons. The number of carbonyl (C=O) groups excluding carboxylic acids is 1. The van der Waals surface area contributed by atoms with Crippen molar-refractivity contribution in [3.63, 3.8) is 0 Å². The van der Waals surface area contributed by atoms with Gasteiger partial charge in [-0.1, -0.05) is 0 Å². The molecular weight excluding hydrogens is 256 g/mol. The number of aliphatic hydroxyl groups excluding tert-OH is 1. The lowest BCUT2D eigenvalue weighted by atomic mass is 10.0. The highest BCUT2D eigenvalue weighted by molar-refractivity contribution is 5.95. The second kappa shape index (κ2) is 6.22. The maximum absolute atomic E-state index is 12.5. The topological polar surface area (TPSA) is 62.7 Å².